The summed E-state index contributed by atoms with van der Waals surface area (Å²) in [5.41, 5.74) is 2.83. The fraction of sp³-hybridized carbons (Fsp3) is 0.231. The highest BCUT2D eigenvalue weighted by molar-refractivity contribution is 5.82. The van der Waals surface area contributed by atoms with Gasteiger partial charge in [0.1, 0.15) is 5.75 Å². The molecule has 2 rings (SSSR count). The van der Waals surface area contributed by atoms with Crippen LogP contribution in [0.4, 0.5) is 14.7 Å². The average molecular weight is 354 g/mol. The Morgan fingerprint density at radius 2 is 2.16 bits per heavy atom. The van der Waals surface area contributed by atoms with E-state index < -0.39 is 23.4 Å². The zero-order chi connectivity index (χ0) is 18.2. The Morgan fingerprint density at radius 1 is 1.44 bits per heavy atom. The number of hydrogen-bond donors (Lipinski definition) is 1. The number of hydrazone groups is 1. The van der Waals surface area contributed by atoms with Crippen LogP contribution in [0.1, 0.15) is 12.0 Å². The number of hydrogen-bond acceptors (Lipinski definition) is 7. The molecule has 1 N–H and O–H groups in total. The predicted octanol–water partition coefficient (Wildman–Crippen LogP) is 1.33. The number of amides is 1. The second-order valence-electron chi connectivity index (χ2n) is 4.56. The molecule has 0 saturated heterocycles. The van der Waals surface area contributed by atoms with E-state index in [4.69, 9.17) is 0 Å². The predicted molar refractivity (Wildman–Crippen MR) is 80.1 cm³/mol. The smallest absolute Gasteiger partial charge is 0.435 e. The Labute approximate surface area is 139 Å². The van der Waals surface area contributed by atoms with Crippen LogP contribution in [0.15, 0.2) is 35.7 Å². The van der Waals surface area contributed by atoms with Gasteiger partial charge >= 0.3 is 12.6 Å². The highest BCUT2D eigenvalue weighted by atomic mass is 19.3. The van der Waals surface area contributed by atoms with E-state index in [9.17, 15) is 23.7 Å². The van der Waals surface area contributed by atoms with Gasteiger partial charge in [-0.2, -0.15) is 18.6 Å². The summed E-state index contributed by atoms with van der Waals surface area (Å²) in [5, 5.41) is 17.7. The third-order valence-electron chi connectivity index (χ3n) is 2.76. The molecule has 0 bridgehead atoms. The van der Waals surface area contributed by atoms with Gasteiger partial charge in [-0.1, -0.05) is 4.98 Å². The molecular weight excluding hydrogens is 342 g/mol. The van der Waals surface area contributed by atoms with Gasteiger partial charge in [0, 0.05) is 11.5 Å². The second-order valence-corrected chi connectivity index (χ2v) is 4.56. The Morgan fingerprint density at radius 3 is 2.76 bits per heavy atom. The van der Waals surface area contributed by atoms with Gasteiger partial charge in [0.2, 0.25) is 12.2 Å². The average Bonchev–Trinajstić information content (AvgIpc) is 3.03. The minimum absolute atomic E-state index is 0.0121. The van der Waals surface area contributed by atoms with E-state index in [1.165, 1.54) is 35.2 Å². The number of aromatic nitrogens is 3. The van der Waals surface area contributed by atoms with Crippen molar-refractivity contribution in [2.75, 3.05) is 0 Å². The Balaban J connectivity index is 1.76. The molecule has 1 aromatic carbocycles. The van der Waals surface area contributed by atoms with Gasteiger partial charge < -0.3 is 14.9 Å². The number of ether oxygens (including phenoxy) is 1. The number of halogens is 2. The number of nitro groups is 1. The first kappa shape index (κ1) is 17.9. The summed E-state index contributed by atoms with van der Waals surface area (Å²) in [4.78, 5) is 24.7. The van der Waals surface area contributed by atoms with Crippen LogP contribution in [0, 0.1) is 10.1 Å². The summed E-state index contributed by atoms with van der Waals surface area (Å²) in [6.45, 7) is -2.80. The molecule has 132 valence electrons. The van der Waals surface area contributed by atoms with Crippen molar-refractivity contribution in [1.29, 1.82) is 0 Å². The molecule has 2 aromatic rings. The van der Waals surface area contributed by atoms with Crippen LogP contribution in [0.2, 0.25) is 0 Å². The zero-order valence-corrected chi connectivity index (χ0v) is 12.6. The van der Waals surface area contributed by atoms with E-state index in [0.717, 1.165) is 6.33 Å². The topological polar surface area (TPSA) is 125 Å². The van der Waals surface area contributed by atoms with Crippen molar-refractivity contribution >= 4 is 18.1 Å². The number of rotatable bonds is 8. The van der Waals surface area contributed by atoms with Crippen LogP contribution in [0.3, 0.4) is 0 Å². The number of alkyl halides is 2. The van der Waals surface area contributed by atoms with Crippen molar-refractivity contribution in [3.63, 3.8) is 0 Å². The fourth-order valence-corrected chi connectivity index (χ4v) is 1.66. The number of nitrogens with zero attached hydrogens (tertiary/aromatic N) is 5. The van der Waals surface area contributed by atoms with Gasteiger partial charge in [0.15, 0.2) is 0 Å². The Bertz CT molecular complexity index is 762. The molecule has 10 nitrogen and oxygen atoms in total. The normalized spacial score (nSPS) is 11.0. The van der Waals surface area contributed by atoms with Gasteiger partial charge in [0.05, 0.1) is 12.8 Å². The van der Waals surface area contributed by atoms with E-state index in [2.05, 4.69) is 25.3 Å². The van der Waals surface area contributed by atoms with Crippen molar-refractivity contribution in [2.45, 2.75) is 19.6 Å². The Kier molecular flexibility index (Phi) is 6.03. The van der Waals surface area contributed by atoms with Gasteiger partial charge in [-0.05, 0) is 34.8 Å². The minimum atomic E-state index is -2.90. The van der Waals surface area contributed by atoms with Crippen molar-refractivity contribution in [3.05, 3.63) is 46.3 Å². The molecule has 25 heavy (non-hydrogen) atoms. The first-order valence-electron chi connectivity index (χ1n) is 6.84. The lowest BCUT2D eigenvalue weighted by Gasteiger charge is -2.03. The SMILES string of the molecule is O=C(CCn1cnc([N+](=O)[O-])n1)N/N=C/c1ccc(OC(F)F)cc1. The van der Waals surface area contributed by atoms with E-state index in [0.29, 0.717) is 5.56 Å². The molecule has 1 amide bonds. The lowest BCUT2D eigenvalue weighted by molar-refractivity contribution is -0.394. The Hall–Kier alpha value is -3.44. The lowest BCUT2D eigenvalue weighted by atomic mass is 10.2. The first-order chi connectivity index (χ1) is 11.9. The molecular formula is C13H12F2N6O4. The molecule has 1 aromatic heterocycles. The van der Waals surface area contributed by atoms with Gasteiger partial charge in [0.25, 0.3) is 0 Å². The second kappa shape index (κ2) is 8.42. The summed E-state index contributed by atoms with van der Waals surface area (Å²) in [7, 11) is 0. The van der Waals surface area contributed by atoms with Crippen LogP contribution in [0.5, 0.6) is 5.75 Å². The molecule has 12 heteroatoms. The van der Waals surface area contributed by atoms with Crippen molar-refractivity contribution in [2.24, 2.45) is 5.10 Å². The van der Waals surface area contributed by atoms with Crippen molar-refractivity contribution < 1.29 is 23.2 Å². The molecule has 0 aliphatic rings. The fourth-order valence-electron chi connectivity index (χ4n) is 1.66. The lowest BCUT2D eigenvalue weighted by Crippen LogP contribution is -2.19. The van der Waals surface area contributed by atoms with Gasteiger partial charge in [-0.3, -0.25) is 4.79 Å². The van der Waals surface area contributed by atoms with Crippen LogP contribution in [-0.4, -0.2) is 38.4 Å². The monoisotopic (exact) mass is 354 g/mol. The summed E-state index contributed by atoms with van der Waals surface area (Å²) < 4.78 is 29.4. The summed E-state index contributed by atoms with van der Waals surface area (Å²) in [6.07, 6.45) is 2.46. The molecule has 0 unspecified atom stereocenters. The number of carbonyl (C=O) groups is 1. The molecule has 0 radical (unpaired) electrons. The van der Waals surface area contributed by atoms with Crippen LogP contribution < -0.4 is 10.2 Å². The quantitative estimate of drug-likeness (QED) is 0.433. The maximum absolute atomic E-state index is 12.0. The largest absolute Gasteiger partial charge is 0.490 e. The molecule has 0 aliphatic carbocycles. The number of carbonyl (C=O) groups excluding carboxylic acids is 1. The third kappa shape index (κ3) is 5.93. The maximum Gasteiger partial charge on any atom is 0.490 e. The van der Waals surface area contributed by atoms with Crippen LogP contribution >= 0.6 is 0 Å². The van der Waals surface area contributed by atoms with Crippen LogP contribution in [-0.2, 0) is 11.3 Å². The standard InChI is InChI=1S/C13H12F2N6O4/c14-12(15)25-10-3-1-9(2-4-10)7-17-18-11(22)5-6-20-8-16-13(19-20)21(23)24/h1-4,7-8,12H,5-6H2,(H,18,22)/b17-7+. The van der Waals surface area contributed by atoms with E-state index in [1.807, 2.05) is 0 Å². The molecule has 0 aliphatic heterocycles. The van der Waals surface area contributed by atoms with Crippen molar-refractivity contribution in [1.82, 2.24) is 20.2 Å². The third-order valence-corrected chi connectivity index (χ3v) is 2.76. The summed E-state index contributed by atoms with van der Waals surface area (Å²) in [5.74, 6) is -0.970. The summed E-state index contributed by atoms with van der Waals surface area (Å²) >= 11 is 0. The van der Waals surface area contributed by atoms with E-state index in [1.54, 1.807) is 0 Å². The van der Waals surface area contributed by atoms with Gasteiger partial charge in [-0.15, -0.1) is 0 Å². The number of nitrogens with one attached hydrogen (secondary N) is 1. The molecule has 0 fully saturated rings. The molecule has 1 heterocycles. The van der Waals surface area contributed by atoms with E-state index in [-0.39, 0.29) is 18.7 Å². The zero-order valence-electron chi connectivity index (χ0n) is 12.6. The molecule has 0 spiro atoms. The van der Waals surface area contributed by atoms with Crippen molar-refractivity contribution in [3.8, 4) is 5.75 Å². The van der Waals surface area contributed by atoms with Gasteiger partial charge in [-0.25, -0.2) is 5.43 Å². The molecule has 0 saturated carbocycles. The minimum Gasteiger partial charge on any atom is -0.435 e. The first-order valence-corrected chi connectivity index (χ1v) is 6.84. The number of aryl methyl sites for hydroxylation is 1. The molecule has 0 atom stereocenters. The highest BCUT2D eigenvalue weighted by Crippen LogP contribution is 2.13. The summed E-state index contributed by atoms with van der Waals surface area (Å²) in [6, 6.07) is 5.66. The van der Waals surface area contributed by atoms with E-state index >= 15 is 0 Å². The number of benzene rings is 1. The highest BCUT2D eigenvalue weighted by Gasteiger charge is 2.13. The maximum atomic E-state index is 12.0. The van der Waals surface area contributed by atoms with Crippen LogP contribution in [0.25, 0.3) is 0 Å².